The van der Waals surface area contributed by atoms with E-state index in [1.807, 2.05) is 0 Å². The van der Waals surface area contributed by atoms with Crippen molar-refractivity contribution in [1.29, 1.82) is 0 Å². The van der Waals surface area contributed by atoms with Crippen molar-refractivity contribution in [3.05, 3.63) is 71.8 Å². The van der Waals surface area contributed by atoms with Crippen LogP contribution in [0.2, 0.25) is 0 Å². The van der Waals surface area contributed by atoms with E-state index < -0.39 is 0 Å². The summed E-state index contributed by atoms with van der Waals surface area (Å²) in [4.78, 5) is 0. The van der Waals surface area contributed by atoms with Crippen LogP contribution in [0.1, 0.15) is 24.5 Å². The van der Waals surface area contributed by atoms with Crippen molar-refractivity contribution in [2.75, 3.05) is 6.54 Å². The van der Waals surface area contributed by atoms with Gasteiger partial charge in [0.15, 0.2) is 0 Å². The first-order valence-electron chi connectivity index (χ1n) is 7.16. The monoisotopic (exact) mass is 289 g/mol. The first-order valence-corrected chi connectivity index (χ1v) is 7.16. The predicted octanol–water partition coefficient (Wildman–Crippen LogP) is 4.26. The van der Waals surface area contributed by atoms with E-state index in [1.165, 1.54) is 17.5 Å². The zero-order chi connectivity index (χ0) is 13.3. The summed E-state index contributed by atoms with van der Waals surface area (Å²) < 4.78 is 0. The van der Waals surface area contributed by atoms with Crippen LogP contribution in [0.3, 0.4) is 0 Å². The highest BCUT2D eigenvalue weighted by molar-refractivity contribution is 5.85. The van der Waals surface area contributed by atoms with Crippen LogP contribution in [0.15, 0.2) is 60.7 Å². The van der Waals surface area contributed by atoms with E-state index in [9.17, 15) is 0 Å². The van der Waals surface area contributed by atoms with Gasteiger partial charge < -0.3 is 5.32 Å². The van der Waals surface area contributed by atoms with E-state index in [0.29, 0.717) is 6.04 Å². The molecule has 1 N–H and O–H groups in total. The smallest absolute Gasteiger partial charge is 0.00791 e. The summed E-state index contributed by atoms with van der Waals surface area (Å²) in [6.07, 6.45) is 3.46. The van der Waals surface area contributed by atoms with Gasteiger partial charge in [0, 0.05) is 6.04 Å². The van der Waals surface area contributed by atoms with Crippen LogP contribution >= 0.6 is 12.4 Å². The summed E-state index contributed by atoms with van der Waals surface area (Å²) in [5, 5.41) is 3.60. The topological polar surface area (TPSA) is 12.0 Å². The molecule has 0 amide bonds. The first-order chi connectivity index (χ1) is 9.34. The highest BCUT2D eigenvalue weighted by atomic mass is 35.5. The van der Waals surface area contributed by atoms with Gasteiger partial charge >= 0.3 is 0 Å². The second-order valence-corrected chi connectivity index (χ2v) is 5.13. The molecule has 1 nitrogen and oxygen atoms in total. The summed E-state index contributed by atoms with van der Waals surface area (Å²) in [6, 6.07) is 21.9. The molecule has 1 unspecified atom stereocenters. The molecule has 0 saturated heterocycles. The Labute approximate surface area is 128 Å². The van der Waals surface area contributed by atoms with E-state index in [4.69, 9.17) is 0 Å². The highest BCUT2D eigenvalue weighted by Crippen LogP contribution is 2.04. The molecule has 0 aliphatic rings. The summed E-state index contributed by atoms with van der Waals surface area (Å²) in [7, 11) is 0. The molecule has 0 radical (unpaired) electrons. The number of benzene rings is 2. The molecule has 0 heterocycles. The average molecular weight is 290 g/mol. The third-order valence-electron chi connectivity index (χ3n) is 3.36. The molecule has 2 heteroatoms. The first kappa shape index (κ1) is 16.7. The second kappa shape index (κ2) is 9.57. The standard InChI is InChI=1S/C18H23N.ClH/c1-16(15-18-11-6-3-7-12-18)19-14-8-13-17-9-4-2-5-10-17;/h2-7,9-12,16,19H,8,13-15H2,1H3;1H. The van der Waals surface area contributed by atoms with Gasteiger partial charge in [0.1, 0.15) is 0 Å². The van der Waals surface area contributed by atoms with E-state index >= 15 is 0 Å². The molecule has 0 bridgehead atoms. The third-order valence-corrected chi connectivity index (χ3v) is 3.36. The minimum Gasteiger partial charge on any atom is -0.314 e. The largest absolute Gasteiger partial charge is 0.314 e. The Hall–Kier alpha value is -1.31. The zero-order valence-corrected chi connectivity index (χ0v) is 12.9. The normalized spacial score (nSPS) is 11.7. The lowest BCUT2D eigenvalue weighted by atomic mass is 10.1. The van der Waals surface area contributed by atoms with Gasteiger partial charge in [0.05, 0.1) is 0 Å². The van der Waals surface area contributed by atoms with Gasteiger partial charge in [0.2, 0.25) is 0 Å². The minimum absolute atomic E-state index is 0. The van der Waals surface area contributed by atoms with Gasteiger partial charge in [-0.2, -0.15) is 0 Å². The van der Waals surface area contributed by atoms with Crippen molar-refractivity contribution in [1.82, 2.24) is 5.32 Å². The van der Waals surface area contributed by atoms with E-state index in [-0.39, 0.29) is 12.4 Å². The van der Waals surface area contributed by atoms with Gasteiger partial charge in [-0.3, -0.25) is 0 Å². The fourth-order valence-corrected chi connectivity index (χ4v) is 2.33. The molecule has 2 aromatic rings. The Kier molecular flexibility index (Phi) is 8.01. The molecular formula is C18H24ClN. The van der Waals surface area contributed by atoms with Crippen LogP contribution in [0.5, 0.6) is 0 Å². The number of hydrogen-bond acceptors (Lipinski definition) is 1. The van der Waals surface area contributed by atoms with Crippen molar-refractivity contribution in [2.45, 2.75) is 32.2 Å². The summed E-state index contributed by atoms with van der Waals surface area (Å²) in [5.74, 6) is 0. The van der Waals surface area contributed by atoms with Crippen LogP contribution in [0.4, 0.5) is 0 Å². The fourth-order valence-electron chi connectivity index (χ4n) is 2.33. The number of aryl methyl sites for hydroxylation is 1. The molecule has 2 rings (SSSR count). The number of hydrogen-bond donors (Lipinski definition) is 1. The lowest BCUT2D eigenvalue weighted by Crippen LogP contribution is -2.29. The molecule has 0 fully saturated rings. The Morgan fingerprint density at radius 1 is 0.850 bits per heavy atom. The van der Waals surface area contributed by atoms with Crippen LogP contribution < -0.4 is 5.32 Å². The molecule has 1 atom stereocenters. The van der Waals surface area contributed by atoms with E-state index in [2.05, 4.69) is 72.9 Å². The number of nitrogens with one attached hydrogen (secondary N) is 1. The Morgan fingerprint density at radius 2 is 1.40 bits per heavy atom. The number of halogens is 1. The van der Waals surface area contributed by atoms with Crippen LogP contribution in [0.25, 0.3) is 0 Å². The fraction of sp³-hybridized carbons (Fsp3) is 0.333. The molecule has 0 aromatic heterocycles. The Morgan fingerprint density at radius 3 is 2.00 bits per heavy atom. The van der Waals surface area contributed by atoms with Crippen molar-refractivity contribution in [3.63, 3.8) is 0 Å². The Bertz CT molecular complexity index is 455. The van der Waals surface area contributed by atoms with Crippen molar-refractivity contribution < 1.29 is 0 Å². The summed E-state index contributed by atoms with van der Waals surface area (Å²) in [5.41, 5.74) is 2.84. The summed E-state index contributed by atoms with van der Waals surface area (Å²) >= 11 is 0. The molecule has 108 valence electrons. The summed E-state index contributed by atoms with van der Waals surface area (Å²) in [6.45, 7) is 3.35. The van der Waals surface area contributed by atoms with Gasteiger partial charge in [-0.15, -0.1) is 12.4 Å². The van der Waals surface area contributed by atoms with Crippen LogP contribution in [-0.2, 0) is 12.8 Å². The van der Waals surface area contributed by atoms with Crippen molar-refractivity contribution >= 4 is 12.4 Å². The molecule has 2 aromatic carbocycles. The van der Waals surface area contributed by atoms with E-state index in [0.717, 1.165) is 19.4 Å². The second-order valence-electron chi connectivity index (χ2n) is 5.13. The maximum Gasteiger partial charge on any atom is 0.00791 e. The molecule has 0 aliphatic carbocycles. The molecular weight excluding hydrogens is 266 g/mol. The highest BCUT2D eigenvalue weighted by Gasteiger charge is 2.02. The number of rotatable bonds is 7. The van der Waals surface area contributed by atoms with E-state index in [1.54, 1.807) is 0 Å². The predicted molar refractivity (Wildman–Crippen MR) is 89.6 cm³/mol. The quantitative estimate of drug-likeness (QED) is 0.751. The lowest BCUT2D eigenvalue weighted by molar-refractivity contribution is 0.534. The maximum absolute atomic E-state index is 3.60. The van der Waals surface area contributed by atoms with Gasteiger partial charge in [0.25, 0.3) is 0 Å². The molecule has 20 heavy (non-hydrogen) atoms. The van der Waals surface area contributed by atoms with Gasteiger partial charge in [-0.25, -0.2) is 0 Å². The van der Waals surface area contributed by atoms with Crippen LogP contribution in [-0.4, -0.2) is 12.6 Å². The van der Waals surface area contributed by atoms with Gasteiger partial charge in [-0.1, -0.05) is 60.7 Å². The SMILES string of the molecule is CC(Cc1ccccc1)NCCCc1ccccc1.Cl. The van der Waals surface area contributed by atoms with Crippen molar-refractivity contribution in [2.24, 2.45) is 0 Å². The lowest BCUT2D eigenvalue weighted by Gasteiger charge is -2.13. The Balaban J connectivity index is 0.00000200. The third kappa shape index (κ3) is 6.23. The average Bonchev–Trinajstić information content (AvgIpc) is 2.46. The zero-order valence-electron chi connectivity index (χ0n) is 12.1. The molecule has 0 aliphatic heterocycles. The van der Waals surface area contributed by atoms with Crippen molar-refractivity contribution in [3.8, 4) is 0 Å². The minimum atomic E-state index is 0. The molecule has 0 spiro atoms. The van der Waals surface area contributed by atoms with Crippen LogP contribution in [0, 0.1) is 0 Å². The van der Waals surface area contributed by atoms with Gasteiger partial charge in [-0.05, 0) is 43.9 Å². The molecule has 0 saturated carbocycles. The maximum atomic E-state index is 3.60.